The van der Waals surface area contributed by atoms with Crippen LogP contribution >= 0.6 is 0 Å². The zero-order valence-electron chi connectivity index (χ0n) is 18.3. The molecule has 1 aliphatic rings. The highest BCUT2D eigenvalue weighted by molar-refractivity contribution is 5.44. The van der Waals surface area contributed by atoms with Gasteiger partial charge in [-0.25, -0.2) is 8.78 Å². The Hall–Kier alpha value is -3.22. The average molecular weight is 449 g/mol. The molecule has 2 aromatic carbocycles. The van der Waals surface area contributed by atoms with Crippen molar-refractivity contribution in [1.29, 1.82) is 0 Å². The fraction of sp³-hybridized carbons (Fsp3) is 0.259. The zero-order chi connectivity index (χ0) is 23.0. The lowest BCUT2D eigenvalue weighted by molar-refractivity contribution is 0.0945. The maximum atomic E-state index is 13.6. The van der Waals surface area contributed by atoms with E-state index in [4.69, 9.17) is 8.83 Å². The normalized spacial score (nSPS) is 14.2. The molecule has 0 unspecified atom stereocenters. The van der Waals surface area contributed by atoms with E-state index in [9.17, 15) is 13.9 Å². The maximum Gasteiger partial charge on any atom is 0.173 e. The summed E-state index contributed by atoms with van der Waals surface area (Å²) in [5.41, 5.74) is -0.828. The van der Waals surface area contributed by atoms with Gasteiger partial charge in [-0.15, -0.1) is 0 Å². The first kappa shape index (κ1) is 21.6. The van der Waals surface area contributed by atoms with Gasteiger partial charge in [-0.2, -0.15) is 0 Å². The molecule has 33 heavy (non-hydrogen) atoms. The lowest BCUT2D eigenvalue weighted by Crippen LogP contribution is -2.28. The summed E-state index contributed by atoms with van der Waals surface area (Å²) in [7, 11) is 0. The van der Waals surface area contributed by atoms with Crippen molar-refractivity contribution in [2.75, 3.05) is 0 Å². The predicted octanol–water partition coefficient (Wildman–Crippen LogP) is 5.91. The molecule has 5 rings (SSSR count). The first-order valence-corrected chi connectivity index (χ1v) is 11.0. The Morgan fingerprint density at radius 1 is 0.788 bits per heavy atom. The second kappa shape index (κ2) is 8.61. The highest BCUT2D eigenvalue weighted by atomic mass is 19.1. The summed E-state index contributed by atoms with van der Waals surface area (Å²) in [5, 5.41) is 11.8. The molecular formula is C27H25F2NO3. The van der Waals surface area contributed by atoms with Crippen LogP contribution in [0.2, 0.25) is 0 Å². The molecule has 0 saturated heterocycles. The van der Waals surface area contributed by atoms with Crippen LogP contribution in [0.4, 0.5) is 8.78 Å². The number of furan rings is 2. The van der Waals surface area contributed by atoms with Crippen LogP contribution in [0.25, 0.3) is 0 Å². The highest BCUT2D eigenvalue weighted by Gasteiger charge is 2.38. The van der Waals surface area contributed by atoms with Gasteiger partial charge in [0.1, 0.15) is 34.7 Å². The van der Waals surface area contributed by atoms with E-state index in [1.54, 1.807) is 6.07 Å². The number of rotatable bonds is 8. The Bertz CT molecular complexity index is 1180. The Morgan fingerprint density at radius 3 is 1.79 bits per heavy atom. The third-order valence-corrected chi connectivity index (χ3v) is 6.12. The Labute approximate surface area is 191 Å². The van der Waals surface area contributed by atoms with E-state index in [0.29, 0.717) is 41.8 Å². The molecule has 0 bridgehead atoms. The molecule has 170 valence electrons. The number of hydrogen-bond donors (Lipinski definition) is 1. The van der Waals surface area contributed by atoms with Crippen LogP contribution in [-0.4, -0.2) is 16.0 Å². The number of nitrogens with zero attached hydrogens (tertiary/aromatic N) is 1. The van der Waals surface area contributed by atoms with Crippen LogP contribution in [0, 0.1) is 18.6 Å². The molecule has 4 aromatic rings. The minimum Gasteiger partial charge on any atom is -0.465 e. The zero-order valence-corrected chi connectivity index (χ0v) is 18.3. The van der Waals surface area contributed by atoms with Gasteiger partial charge < -0.3 is 13.9 Å². The number of benzene rings is 2. The molecule has 4 nitrogen and oxygen atoms in total. The van der Waals surface area contributed by atoms with E-state index >= 15 is 0 Å². The maximum absolute atomic E-state index is 13.6. The standard InChI is InChI=1S/C27H25F2NO3/c1-18-2-13-24(32-18)16-30(23-11-12-23)17-25-14-15-26(33-25)27(31,19-3-7-21(28)8-4-19)20-5-9-22(29)10-6-20/h2-10,13-15,23,31H,11-12,16-17H2,1H3. The van der Waals surface area contributed by atoms with Crippen molar-refractivity contribution in [3.05, 3.63) is 119 Å². The first-order valence-electron chi connectivity index (χ1n) is 11.0. The molecule has 0 radical (unpaired) electrons. The van der Waals surface area contributed by atoms with Crippen molar-refractivity contribution >= 4 is 0 Å². The summed E-state index contributed by atoms with van der Waals surface area (Å²) < 4.78 is 39.1. The van der Waals surface area contributed by atoms with E-state index < -0.39 is 17.2 Å². The van der Waals surface area contributed by atoms with Gasteiger partial charge in [-0.1, -0.05) is 24.3 Å². The van der Waals surface area contributed by atoms with Crippen LogP contribution in [0.1, 0.15) is 47.0 Å². The van der Waals surface area contributed by atoms with Crippen molar-refractivity contribution in [1.82, 2.24) is 4.90 Å². The first-order chi connectivity index (χ1) is 15.9. The molecule has 1 saturated carbocycles. The summed E-state index contributed by atoms with van der Waals surface area (Å²) >= 11 is 0. The fourth-order valence-electron chi connectivity index (χ4n) is 4.21. The molecule has 0 atom stereocenters. The quantitative estimate of drug-likeness (QED) is 0.363. The molecular weight excluding hydrogens is 424 g/mol. The van der Waals surface area contributed by atoms with Gasteiger partial charge in [0.05, 0.1) is 13.1 Å². The molecule has 2 aromatic heterocycles. The lowest BCUT2D eigenvalue weighted by atomic mass is 9.84. The molecule has 0 aliphatic heterocycles. The smallest absolute Gasteiger partial charge is 0.173 e. The summed E-state index contributed by atoms with van der Waals surface area (Å²) in [6.45, 7) is 3.16. The Morgan fingerprint density at radius 2 is 1.30 bits per heavy atom. The van der Waals surface area contributed by atoms with Gasteiger partial charge in [0.15, 0.2) is 5.60 Å². The van der Waals surface area contributed by atoms with E-state index in [-0.39, 0.29) is 0 Å². The number of aryl methyl sites for hydroxylation is 1. The molecule has 0 amide bonds. The van der Waals surface area contributed by atoms with Crippen LogP contribution in [0.15, 0.2) is 81.6 Å². The third-order valence-electron chi connectivity index (χ3n) is 6.12. The molecule has 0 spiro atoms. The second-order valence-corrected chi connectivity index (χ2v) is 8.64. The van der Waals surface area contributed by atoms with E-state index in [2.05, 4.69) is 4.90 Å². The van der Waals surface area contributed by atoms with Crippen molar-refractivity contribution < 1.29 is 22.7 Å². The predicted molar refractivity (Wildman–Crippen MR) is 119 cm³/mol. The van der Waals surface area contributed by atoms with Crippen molar-refractivity contribution in [3.8, 4) is 0 Å². The van der Waals surface area contributed by atoms with Crippen molar-refractivity contribution in [3.63, 3.8) is 0 Å². The Balaban J connectivity index is 1.46. The largest absolute Gasteiger partial charge is 0.465 e. The van der Waals surface area contributed by atoms with E-state index in [0.717, 1.165) is 24.4 Å². The van der Waals surface area contributed by atoms with Gasteiger partial charge in [0.2, 0.25) is 0 Å². The number of halogens is 2. The second-order valence-electron chi connectivity index (χ2n) is 8.64. The summed E-state index contributed by atoms with van der Waals surface area (Å²) in [6, 6.07) is 19.2. The van der Waals surface area contributed by atoms with Crippen molar-refractivity contribution in [2.45, 2.75) is 44.5 Å². The summed E-state index contributed by atoms with van der Waals surface area (Å²) in [5.74, 6) is 1.95. The van der Waals surface area contributed by atoms with Gasteiger partial charge in [0, 0.05) is 6.04 Å². The number of aliphatic hydroxyl groups is 1. The van der Waals surface area contributed by atoms with Gasteiger partial charge in [-0.3, -0.25) is 4.90 Å². The molecule has 1 fully saturated rings. The van der Waals surface area contributed by atoms with Gasteiger partial charge in [-0.05, 0) is 79.4 Å². The van der Waals surface area contributed by atoms with E-state index in [1.807, 2.05) is 25.1 Å². The van der Waals surface area contributed by atoms with Gasteiger partial charge in [0.25, 0.3) is 0 Å². The molecule has 1 N–H and O–H groups in total. The monoisotopic (exact) mass is 449 g/mol. The highest BCUT2D eigenvalue weighted by Crippen LogP contribution is 2.38. The van der Waals surface area contributed by atoms with Crippen molar-refractivity contribution in [2.24, 2.45) is 0 Å². The molecule has 6 heteroatoms. The number of hydrogen-bond acceptors (Lipinski definition) is 4. The lowest BCUT2D eigenvalue weighted by Gasteiger charge is -2.27. The minimum absolute atomic E-state index is 0.292. The van der Waals surface area contributed by atoms with Crippen LogP contribution in [-0.2, 0) is 18.7 Å². The molecule has 1 aliphatic carbocycles. The third kappa shape index (κ3) is 4.49. The summed E-state index contributed by atoms with van der Waals surface area (Å²) in [6.07, 6.45) is 2.25. The SMILES string of the molecule is Cc1ccc(CN(Cc2ccc(C(O)(c3ccc(F)cc3)c3ccc(F)cc3)o2)C2CC2)o1. The van der Waals surface area contributed by atoms with Crippen LogP contribution < -0.4 is 0 Å². The average Bonchev–Trinajstić information content (AvgIpc) is 3.41. The van der Waals surface area contributed by atoms with Crippen LogP contribution in [0.5, 0.6) is 0 Å². The topological polar surface area (TPSA) is 49.8 Å². The minimum atomic E-state index is -1.69. The van der Waals surface area contributed by atoms with Gasteiger partial charge >= 0.3 is 0 Å². The summed E-state index contributed by atoms with van der Waals surface area (Å²) in [4.78, 5) is 2.30. The Kier molecular flexibility index (Phi) is 5.64. The fourth-order valence-corrected chi connectivity index (χ4v) is 4.21. The molecule has 2 heterocycles. The van der Waals surface area contributed by atoms with E-state index in [1.165, 1.54) is 48.5 Å². The van der Waals surface area contributed by atoms with Crippen LogP contribution in [0.3, 0.4) is 0 Å².